The molecule has 0 saturated carbocycles. The number of nitrogens with zero attached hydrogens (tertiary/aromatic N) is 1. The highest BCUT2D eigenvalue weighted by Crippen LogP contribution is 2.20. The standard InChI is InChI=1S/C8H8ClF2NO.2C2H6/c1-5-7(13-4-8(10)11)2-6(9)3-12-5;2*1-2/h2-3,8H,4H2,1H3;2*1-2H3. The molecule has 0 radical (unpaired) electrons. The number of pyridine rings is 1. The molecule has 0 saturated heterocycles. The lowest BCUT2D eigenvalue weighted by molar-refractivity contribution is 0.0813. The summed E-state index contributed by atoms with van der Waals surface area (Å²) in [6.07, 6.45) is -1.05. The van der Waals surface area contributed by atoms with Crippen LogP contribution < -0.4 is 4.74 Å². The van der Waals surface area contributed by atoms with E-state index in [9.17, 15) is 8.78 Å². The van der Waals surface area contributed by atoms with Gasteiger partial charge >= 0.3 is 0 Å². The Bertz CT molecular complexity index is 296. The van der Waals surface area contributed by atoms with Crippen LogP contribution in [0.1, 0.15) is 33.4 Å². The molecule has 0 aliphatic heterocycles. The van der Waals surface area contributed by atoms with Crippen LogP contribution in [0.15, 0.2) is 12.3 Å². The highest BCUT2D eigenvalue weighted by Gasteiger charge is 2.06. The van der Waals surface area contributed by atoms with E-state index in [0.717, 1.165) is 0 Å². The molecule has 0 unspecified atom stereocenters. The molecule has 0 aliphatic carbocycles. The van der Waals surface area contributed by atoms with Crippen LogP contribution in [0.5, 0.6) is 5.75 Å². The number of alkyl halides is 2. The summed E-state index contributed by atoms with van der Waals surface area (Å²) in [4.78, 5) is 3.85. The van der Waals surface area contributed by atoms with Gasteiger partial charge in [0.2, 0.25) is 0 Å². The maximum Gasteiger partial charge on any atom is 0.272 e. The van der Waals surface area contributed by atoms with E-state index in [0.29, 0.717) is 16.5 Å². The summed E-state index contributed by atoms with van der Waals surface area (Å²) in [5.41, 5.74) is 0.546. The minimum Gasteiger partial charge on any atom is -0.486 e. The normalized spacial score (nSPS) is 8.76. The Morgan fingerprint density at radius 1 is 1.29 bits per heavy atom. The monoisotopic (exact) mass is 267 g/mol. The highest BCUT2D eigenvalue weighted by molar-refractivity contribution is 6.30. The zero-order chi connectivity index (χ0) is 13.8. The second kappa shape index (κ2) is 11.6. The van der Waals surface area contributed by atoms with Crippen molar-refractivity contribution in [3.8, 4) is 5.75 Å². The highest BCUT2D eigenvalue weighted by atomic mass is 35.5. The molecule has 1 heterocycles. The first kappa shape index (κ1) is 18.5. The van der Waals surface area contributed by atoms with E-state index < -0.39 is 13.0 Å². The Hall–Kier alpha value is -0.900. The molecule has 0 N–H and O–H groups in total. The van der Waals surface area contributed by atoms with Gasteiger partial charge in [-0.05, 0) is 6.92 Å². The molecule has 1 aromatic heterocycles. The van der Waals surface area contributed by atoms with E-state index in [1.807, 2.05) is 27.7 Å². The quantitative estimate of drug-likeness (QED) is 0.789. The molecular weight excluding hydrogens is 248 g/mol. The van der Waals surface area contributed by atoms with Crippen molar-refractivity contribution >= 4 is 11.6 Å². The molecule has 0 bridgehead atoms. The number of ether oxygens (including phenoxy) is 1. The minimum atomic E-state index is -2.49. The van der Waals surface area contributed by atoms with E-state index in [1.165, 1.54) is 12.3 Å². The summed E-state index contributed by atoms with van der Waals surface area (Å²) in [7, 11) is 0. The lowest BCUT2D eigenvalue weighted by Crippen LogP contribution is -2.08. The third-order valence-corrected chi connectivity index (χ3v) is 1.58. The fourth-order valence-corrected chi connectivity index (χ4v) is 0.936. The van der Waals surface area contributed by atoms with Gasteiger partial charge in [-0.3, -0.25) is 4.98 Å². The first-order valence-electron chi connectivity index (χ1n) is 5.62. The molecule has 1 aromatic rings. The summed E-state index contributed by atoms with van der Waals surface area (Å²) in [6, 6.07) is 1.46. The van der Waals surface area contributed by atoms with Gasteiger partial charge in [-0.1, -0.05) is 39.3 Å². The molecular formula is C12H20ClF2NO. The van der Waals surface area contributed by atoms with Gasteiger partial charge in [0, 0.05) is 12.3 Å². The summed E-state index contributed by atoms with van der Waals surface area (Å²) in [6.45, 7) is 9.03. The third-order valence-electron chi connectivity index (χ3n) is 1.37. The molecule has 0 aliphatic rings. The molecule has 5 heteroatoms. The molecule has 0 fully saturated rings. The molecule has 0 atom stereocenters. The Morgan fingerprint density at radius 3 is 2.29 bits per heavy atom. The Morgan fingerprint density at radius 2 is 1.82 bits per heavy atom. The van der Waals surface area contributed by atoms with Crippen LogP contribution in [-0.4, -0.2) is 18.0 Å². The van der Waals surface area contributed by atoms with E-state index >= 15 is 0 Å². The zero-order valence-electron chi connectivity index (χ0n) is 10.9. The average Bonchev–Trinajstić information content (AvgIpc) is 2.35. The summed E-state index contributed by atoms with van der Waals surface area (Å²) < 4.78 is 28.3. The number of rotatable bonds is 3. The van der Waals surface area contributed by atoms with Crippen LogP contribution >= 0.6 is 11.6 Å². The first-order valence-corrected chi connectivity index (χ1v) is 6.00. The second-order valence-electron chi connectivity index (χ2n) is 2.44. The predicted octanol–water partition coefficient (Wildman–Crippen LogP) is 4.74. The summed E-state index contributed by atoms with van der Waals surface area (Å²) >= 11 is 5.60. The van der Waals surface area contributed by atoms with Crippen LogP contribution in [0, 0.1) is 6.92 Å². The topological polar surface area (TPSA) is 22.1 Å². The number of aryl methyl sites for hydroxylation is 1. The molecule has 0 amide bonds. The fourth-order valence-electron chi connectivity index (χ4n) is 0.788. The Labute approximate surface area is 107 Å². The van der Waals surface area contributed by atoms with Gasteiger partial charge in [-0.15, -0.1) is 0 Å². The van der Waals surface area contributed by atoms with Gasteiger partial charge in [0.1, 0.15) is 12.4 Å². The van der Waals surface area contributed by atoms with Crippen molar-refractivity contribution in [2.75, 3.05) is 6.61 Å². The predicted molar refractivity (Wildman–Crippen MR) is 68.2 cm³/mol. The van der Waals surface area contributed by atoms with E-state index in [4.69, 9.17) is 16.3 Å². The van der Waals surface area contributed by atoms with Crippen LogP contribution in [0.3, 0.4) is 0 Å². The largest absolute Gasteiger partial charge is 0.486 e. The Balaban J connectivity index is 0. The minimum absolute atomic E-state index is 0.299. The second-order valence-corrected chi connectivity index (χ2v) is 2.88. The van der Waals surface area contributed by atoms with Crippen molar-refractivity contribution in [2.24, 2.45) is 0 Å². The smallest absolute Gasteiger partial charge is 0.272 e. The SMILES string of the molecule is CC.CC.Cc1ncc(Cl)cc1OCC(F)F. The van der Waals surface area contributed by atoms with Crippen LogP contribution in [0.4, 0.5) is 8.78 Å². The van der Waals surface area contributed by atoms with Crippen molar-refractivity contribution < 1.29 is 13.5 Å². The van der Waals surface area contributed by atoms with Crippen LogP contribution in [0.2, 0.25) is 5.02 Å². The van der Waals surface area contributed by atoms with Gasteiger partial charge in [0.25, 0.3) is 6.43 Å². The van der Waals surface area contributed by atoms with Crippen LogP contribution in [0.25, 0.3) is 0 Å². The van der Waals surface area contributed by atoms with Gasteiger partial charge in [-0.25, -0.2) is 8.78 Å². The van der Waals surface area contributed by atoms with Gasteiger partial charge in [0.15, 0.2) is 0 Å². The summed E-state index contributed by atoms with van der Waals surface area (Å²) in [5.74, 6) is 0.299. The third kappa shape index (κ3) is 8.86. The lowest BCUT2D eigenvalue weighted by Gasteiger charge is -2.07. The van der Waals surface area contributed by atoms with Crippen molar-refractivity contribution in [3.63, 3.8) is 0 Å². The molecule has 0 spiro atoms. The number of aromatic nitrogens is 1. The number of hydrogen-bond acceptors (Lipinski definition) is 2. The van der Waals surface area contributed by atoms with E-state index in [-0.39, 0.29) is 0 Å². The van der Waals surface area contributed by atoms with Crippen molar-refractivity contribution in [3.05, 3.63) is 23.0 Å². The van der Waals surface area contributed by atoms with Gasteiger partial charge in [-0.2, -0.15) is 0 Å². The zero-order valence-corrected chi connectivity index (χ0v) is 11.7. The van der Waals surface area contributed by atoms with Crippen molar-refractivity contribution in [1.29, 1.82) is 0 Å². The maximum atomic E-state index is 11.8. The molecule has 17 heavy (non-hydrogen) atoms. The first-order chi connectivity index (χ1) is 8.09. The van der Waals surface area contributed by atoms with Crippen LogP contribution in [-0.2, 0) is 0 Å². The number of halogens is 3. The molecule has 0 aromatic carbocycles. The van der Waals surface area contributed by atoms with E-state index in [1.54, 1.807) is 6.92 Å². The van der Waals surface area contributed by atoms with Crippen molar-refractivity contribution in [2.45, 2.75) is 41.0 Å². The number of hydrogen-bond donors (Lipinski definition) is 0. The average molecular weight is 268 g/mol. The lowest BCUT2D eigenvalue weighted by atomic mass is 10.3. The Kier molecular flexibility index (Phi) is 12.6. The van der Waals surface area contributed by atoms with E-state index in [2.05, 4.69) is 4.98 Å². The molecule has 2 nitrogen and oxygen atoms in total. The van der Waals surface area contributed by atoms with Gasteiger partial charge < -0.3 is 4.74 Å². The molecule has 1 rings (SSSR count). The molecule has 100 valence electrons. The summed E-state index contributed by atoms with van der Waals surface area (Å²) in [5, 5.41) is 0.370. The van der Waals surface area contributed by atoms with Crippen molar-refractivity contribution in [1.82, 2.24) is 4.98 Å². The maximum absolute atomic E-state index is 11.8. The van der Waals surface area contributed by atoms with Gasteiger partial charge in [0.05, 0.1) is 10.7 Å². The fraction of sp³-hybridized carbons (Fsp3) is 0.583.